The Morgan fingerprint density at radius 3 is 2.76 bits per heavy atom. The Hall–Kier alpha value is -1.93. The predicted molar refractivity (Wildman–Crippen MR) is 83.2 cm³/mol. The van der Waals surface area contributed by atoms with E-state index < -0.39 is 6.04 Å². The molecule has 0 saturated carbocycles. The molecule has 1 aromatic carbocycles. The summed E-state index contributed by atoms with van der Waals surface area (Å²) in [5.74, 6) is -0.0608. The minimum Gasteiger partial charge on any atom is -0.367 e. The van der Waals surface area contributed by atoms with Crippen molar-refractivity contribution in [1.29, 1.82) is 0 Å². The third-order valence-corrected chi connectivity index (χ3v) is 4.06. The van der Waals surface area contributed by atoms with Gasteiger partial charge in [0, 0.05) is 10.6 Å². The Morgan fingerprint density at radius 1 is 1.14 bits per heavy atom. The number of amides is 1. The highest BCUT2D eigenvalue weighted by atomic mass is 32.1. The Morgan fingerprint density at radius 2 is 2.00 bits per heavy atom. The lowest BCUT2D eigenvalue weighted by Crippen LogP contribution is -2.50. The summed E-state index contributed by atoms with van der Waals surface area (Å²) in [6, 6.07) is 13.3. The minimum atomic E-state index is -0.398. The van der Waals surface area contributed by atoms with Gasteiger partial charge >= 0.3 is 0 Å². The molecule has 6 nitrogen and oxygen atoms in total. The number of benzene rings is 1. The van der Waals surface area contributed by atoms with Crippen LogP contribution < -0.4 is 27.0 Å². The third-order valence-electron chi connectivity index (χ3n) is 3.18. The lowest BCUT2D eigenvalue weighted by atomic mass is 10.2. The number of carbonyl (C=O) groups excluding carboxylic acids is 1. The van der Waals surface area contributed by atoms with E-state index in [9.17, 15) is 4.79 Å². The van der Waals surface area contributed by atoms with E-state index in [2.05, 4.69) is 27.0 Å². The summed E-state index contributed by atoms with van der Waals surface area (Å²) in [4.78, 5) is 13.4. The second kappa shape index (κ2) is 6.68. The maximum atomic E-state index is 12.3. The van der Waals surface area contributed by atoms with Crippen molar-refractivity contribution >= 4 is 22.9 Å². The van der Waals surface area contributed by atoms with Gasteiger partial charge < -0.3 is 10.6 Å². The lowest BCUT2D eigenvalue weighted by Gasteiger charge is -2.19. The van der Waals surface area contributed by atoms with Crippen LogP contribution in [0.4, 0.5) is 5.69 Å². The van der Waals surface area contributed by atoms with Crippen molar-refractivity contribution in [2.45, 2.75) is 18.8 Å². The number of hydrogen-bond acceptors (Lipinski definition) is 6. The molecular formula is C14H17N5OS. The van der Waals surface area contributed by atoms with Gasteiger partial charge in [-0.15, -0.1) is 11.3 Å². The van der Waals surface area contributed by atoms with Crippen LogP contribution in [0.1, 0.15) is 4.88 Å². The Bertz CT molecular complexity index is 574. The fourth-order valence-corrected chi connectivity index (χ4v) is 2.76. The molecule has 1 fully saturated rings. The maximum Gasteiger partial charge on any atom is 0.242 e. The van der Waals surface area contributed by atoms with Crippen LogP contribution >= 0.6 is 11.3 Å². The van der Waals surface area contributed by atoms with Gasteiger partial charge in [0.15, 0.2) is 0 Å². The van der Waals surface area contributed by atoms with Gasteiger partial charge in [0.2, 0.25) is 5.91 Å². The topological polar surface area (TPSA) is 77.2 Å². The van der Waals surface area contributed by atoms with Crippen molar-refractivity contribution < 1.29 is 4.79 Å². The normalized spacial score (nSPS) is 21.1. The average Bonchev–Trinajstić information content (AvgIpc) is 3.17. The van der Waals surface area contributed by atoms with Crippen molar-refractivity contribution in [1.82, 2.24) is 21.7 Å². The molecule has 0 radical (unpaired) electrons. The summed E-state index contributed by atoms with van der Waals surface area (Å²) >= 11 is 1.63. The van der Waals surface area contributed by atoms with Crippen LogP contribution in [-0.2, 0) is 11.3 Å². The van der Waals surface area contributed by atoms with E-state index in [1.807, 2.05) is 47.8 Å². The highest BCUT2D eigenvalue weighted by molar-refractivity contribution is 7.09. The van der Waals surface area contributed by atoms with Crippen molar-refractivity contribution in [3.8, 4) is 0 Å². The van der Waals surface area contributed by atoms with Crippen molar-refractivity contribution in [3.05, 3.63) is 52.7 Å². The molecule has 110 valence electrons. The molecule has 1 aliphatic rings. The van der Waals surface area contributed by atoms with Gasteiger partial charge in [-0.3, -0.25) is 4.79 Å². The van der Waals surface area contributed by atoms with Gasteiger partial charge in [-0.2, -0.15) is 5.53 Å². The van der Waals surface area contributed by atoms with Crippen molar-refractivity contribution in [2.75, 3.05) is 5.32 Å². The van der Waals surface area contributed by atoms with Crippen LogP contribution in [0, 0.1) is 0 Å². The van der Waals surface area contributed by atoms with Crippen LogP contribution in [0.15, 0.2) is 47.8 Å². The zero-order chi connectivity index (χ0) is 14.5. The number of hydrogen-bond donors (Lipinski definition) is 5. The highest BCUT2D eigenvalue weighted by Crippen LogP contribution is 2.10. The van der Waals surface area contributed by atoms with E-state index >= 15 is 0 Å². The fourth-order valence-electron chi connectivity index (χ4n) is 2.11. The maximum absolute atomic E-state index is 12.3. The van der Waals surface area contributed by atoms with Crippen molar-refractivity contribution in [3.63, 3.8) is 0 Å². The summed E-state index contributed by atoms with van der Waals surface area (Å²) in [5, 5.41) is 8.20. The number of anilines is 1. The first-order chi connectivity index (χ1) is 10.3. The highest BCUT2D eigenvalue weighted by Gasteiger charge is 2.32. The van der Waals surface area contributed by atoms with Crippen LogP contribution in [-0.4, -0.2) is 18.1 Å². The van der Waals surface area contributed by atoms with Crippen LogP contribution in [0.2, 0.25) is 0 Å². The molecule has 0 spiro atoms. The zero-order valence-electron chi connectivity index (χ0n) is 11.3. The molecule has 1 aromatic heterocycles. The van der Waals surface area contributed by atoms with Gasteiger partial charge in [-0.1, -0.05) is 24.3 Å². The van der Waals surface area contributed by atoms with E-state index in [0.29, 0.717) is 6.54 Å². The molecule has 2 atom stereocenters. The second-order valence-corrected chi connectivity index (χ2v) is 5.71. The lowest BCUT2D eigenvalue weighted by molar-refractivity contribution is -0.123. The number of thiophene rings is 1. The van der Waals surface area contributed by atoms with Gasteiger partial charge in [0.05, 0.1) is 6.54 Å². The summed E-state index contributed by atoms with van der Waals surface area (Å²) in [6.07, 6.45) is -0.226. The van der Waals surface area contributed by atoms with Gasteiger partial charge in [-0.25, -0.2) is 10.9 Å². The fraction of sp³-hybridized carbons (Fsp3) is 0.214. The number of hydrazine groups is 2. The van der Waals surface area contributed by atoms with E-state index in [4.69, 9.17) is 0 Å². The molecule has 5 N–H and O–H groups in total. The van der Waals surface area contributed by atoms with Gasteiger partial charge in [0.1, 0.15) is 12.2 Å². The minimum absolute atomic E-state index is 0.0608. The predicted octanol–water partition coefficient (Wildman–Crippen LogP) is 0.783. The summed E-state index contributed by atoms with van der Waals surface area (Å²) in [5.41, 5.74) is 9.67. The molecule has 1 aliphatic heterocycles. The molecule has 1 saturated heterocycles. The SMILES string of the molecule is O=C(NCc1cccs1)C1NNNC1Nc1ccccc1. The third kappa shape index (κ3) is 3.59. The first-order valence-corrected chi connectivity index (χ1v) is 7.58. The first kappa shape index (κ1) is 14.0. The van der Waals surface area contributed by atoms with Gasteiger partial charge in [-0.05, 0) is 23.6 Å². The number of rotatable bonds is 5. The molecule has 1 amide bonds. The Kier molecular flexibility index (Phi) is 4.46. The molecule has 7 heteroatoms. The second-order valence-electron chi connectivity index (χ2n) is 4.68. The van der Waals surface area contributed by atoms with Crippen molar-refractivity contribution in [2.24, 2.45) is 0 Å². The molecule has 2 heterocycles. The van der Waals surface area contributed by atoms with E-state index in [1.165, 1.54) is 0 Å². The number of nitrogens with one attached hydrogen (secondary N) is 5. The molecule has 0 bridgehead atoms. The molecule has 21 heavy (non-hydrogen) atoms. The smallest absolute Gasteiger partial charge is 0.242 e. The summed E-state index contributed by atoms with van der Waals surface area (Å²) in [7, 11) is 0. The molecule has 2 aromatic rings. The number of para-hydroxylation sites is 1. The molecular weight excluding hydrogens is 286 g/mol. The Labute approximate surface area is 126 Å². The molecule has 3 rings (SSSR count). The van der Waals surface area contributed by atoms with Crippen LogP contribution in [0.25, 0.3) is 0 Å². The first-order valence-electron chi connectivity index (χ1n) is 6.71. The molecule has 0 aliphatic carbocycles. The monoisotopic (exact) mass is 303 g/mol. The van der Waals surface area contributed by atoms with Crippen LogP contribution in [0.3, 0.4) is 0 Å². The summed E-state index contributed by atoms with van der Waals surface area (Å²) < 4.78 is 0. The van der Waals surface area contributed by atoms with Gasteiger partial charge in [0.25, 0.3) is 0 Å². The zero-order valence-corrected chi connectivity index (χ0v) is 12.1. The summed E-state index contributed by atoms with van der Waals surface area (Å²) in [6.45, 7) is 0.548. The quantitative estimate of drug-likeness (QED) is 0.564. The average molecular weight is 303 g/mol. The molecule has 2 unspecified atom stereocenters. The van der Waals surface area contributed by atoms with E-state index in [0.717, 1.165) is 10.6 Å². The van der Waals surface area contributed by atoms with E-state index in [1.54, 1.807) is 11.3 Å². The van der Waals surface area contributed by atoms with Crippen LogP contribution in [0.5, 0.6) is 0 Å². The standard InChI is InChI=1S/C14H17N5OS/c20-14(15-9-11-7-4-8-21-11)12-13(18-19-17-12)16-10-5-2-1-3-6-10/h1-8,12-13,16-19H,9H2,(H,15,20). The number of carbonyl (C=O) groups is 1. The Balaban J connectivity index is 1.57. The largest absolute Gasteiger partial charge is 0.367 e. The van der Waals surface area contributed by atoms with E-state index in [-0.39, 0.29) is 12.1 Å².